The number of carbonyl (C=O) groups excluding carboxylic acids is 4. The van der Waals surface area contributed by atoms with Gasteiger partial charge in [-0.05, 0) is 202 Å². The highest BCUT2D eigenvalue weighted by Crippen LogP contribution is 2.60. The van der Waals surface area contributed by atoms with Crippen LogP contribution in [0.25, 0.3) is 0 Å². The number of halogens is 3. The molecule has 14 rings (SSSR count). The summed E-state index contributed by atoms with van der Waals surface area (Å²) in [5.74, 6) is 21.8. The Morgan fingerprint density at radius 2 is 0.825 bits per heavy atom. The number of aliphatic hydroxyl groups excluding tert-OH is 5. The van der Waals surface area contributed by atoms with E-state index in [4.69, 9.17) is 73.1 Å². The number of likely N-dealkylation sites (tertiary alicyclic amines) is 3. The average Bonchev–Trinajstić information content (AvgIpc) is 1.50. The number of rotatable bonds is 7. The van der Waals surface area contributed by atoms with Gasteiger partial charge in [0.2, 0.25) is 6.43 Å². The van der Waals surface area contributed by atoms with Crippen molar-refractivity contribution in [2.24, 2.45) is 29.6 Å². The Kier molecular flexibility index (Phi) is 31.0. The molecule has 5 aliphatic carbocycles. The Labute approximate surface area is 709 Å². The minimum atomic E-state index is -2.44. The van der Waals surface area contributed by atoms with Crippen LogP contribution in [-0.2, 0) is 66.4 Å². The van der Waals surface area contributed by atoms with E-state index in [1.54, 1.807) is 36.0 Å². The molecule has 676 valence electrons. The summed E-state index contributed by atoms with van der Waals surface area (Å²) in [5, 5.41) is 54.1. The number of carbonyl (C=O) groups is 4. The lowest BCUT2D eigenvalue weighted by Crippen LogP contribution is -2.71. The van der Waals surface area contributed by atoms with Gasteiger partial charge in [0.05, 0.1) is 110 Å². The Morgan fingerprint density at radius 1 is 0.500 bits per heavy atom. The van der Waals surface area contributed by atoms with Crippen LogP contribution in [0.2, 0.25) is 0 Å². The first-order valence-corrected chi connectivity index (χ1v) is 42.7. The van der Waals surface area contributed by atoms with E-state index in [1.165, 1.54) is 12.8 Å². The summed E-state index contributed by atoms with van der Waals surface area (Å²) in [7, 11) is 4.82. The van der Waals surface area contributed by atoms with Gasteiger partial charge in [0.15, 0.2) is 17.4 Å². The summed E-state index contributed by atoms with van der Waals surface area (Å²) in [4.78, 5) is 55.1. The molecule has 30 heteroatoms. The number of hydrogen-bond donors (Lipinski definition) is 7. The van der Waals surface area contributed by atoms with E-state index in [0.717, 1.165) is 83.7 Å². The number of aliphatic hydroxyl groups is 5. The summed E-state index contributed by atoms with van der Waals surface area (Å²) in [5.41, 5.74) is -5.50. The summed E-state index contributed by atoms with van der Waals surface area (Å²) in [6, 6.07) is 0. The Morgan fingerprint density at radius 3 is 1.11 bits per heavy atom. The normalized spacial score (nSPS) is 35.3. The molecule has 120 heavy (non-hydrogen) atoms. The van der Waals surface area contributed by atoms with Crippen LogP contribution in [0.1, 0.15) is 227 Å². The first kappa shape index (κ1) is 98.2. The van der Waals surface area contributed by atoms with Crippen molar-refractivity contribution in [3.8, 4) is 59.7 Å². The van der Waals surface area contributed by atoms with E-state index in [-0.39, 0.29) is 109 Å². The zero-order valence-corrected chi connectivity index (χ0v) is 74.7. The molecule has 9 saturated heterocycles. The molecule has 0 radical (unpaired) electrons. The van der Waals surface area contributed by atoms with Crippen molar-refractivity contribution in [2.75, 3.05) is 80.5 Å². The molecule has 5 spiro atoms. The van der Waals surface area contributed by atoms with Crippen molar-refractivity contribution < 1.29 is 119 Å². The molecule has 0 aromatic rings. The summed E-state index contributed by atoms with van der Waals surface area (Å²) in [6.07, 6.45) is 9.28. The number of terminal acetylenes is 1. The topological polar surface area (TPSA) is 323 Å². The predicted molar refractivity (Wildman–Crippen MR) is 437 cm³/mol. The highest BCUT2D eigenvalue weighted by atomic mass is 19.3. The van der Waals surface area contributed by atoms with E-state index >= 15 is 0 Å². The minimum Gasteiger partial charge on any atom is -0.444 e. The number of aldehydes is 1. The van der Waals surface area contributed by atoms with Crippen LogP contribution in [0, 0.1) is 89.3 Å². The second kappa shape index (κ2) is 37.9. The highest BCUT2D eigenvalue weighted by Gasteiger charge is 2.71. The lowest BCUT2D eigenvalue weighted by molar-refractivity contribution is -0.394. The van der Waals surface area contributed by atoms with Gasteiger partial charge in [-0.1, -0.05) is 41.4 Å². The molecule has 27 nitrogen and oxygen atoms in total. The number of hydrogen-bond acceptors (Lipinski definition) is 24. The van der Waals surface area contributed by atoms with E-state index in [9.17, 15) is 52.8 Å². The van der Waals surface area contributed by atoms with Crippen LogP contribution in [-0.4, -0.2) is 291 Å². The number of amides is 3. The standard InChI is InChI=1S/C22H35NO6.C22H33NO6.C20H31NO5.C11H15F2NO2.C11H16FNO2.C4H8O/c2*1-19(2,3)29-18(25)23-14-16-17(28-21(6,26-7)20(4,5)27-16)15(10-8-9-13-24)22(23)11-12-22;1-9-13-15-14(24-18(5,6)19(7,23-8)25-15)12-21(20(13)10-11-20)16(22)26-17(2,3)4;12-9(13)3-1-2-7-10(16)8(15)6-14-11(7)4-5-11;12-6-2-1-3-8-10(15)9(14)7-13-11(8)4-5-11;1-2-4-5-3-1/h15-17,24H,9,11-14H2,1-7H3;13,15-17H,9,11-12,14H2,1-7H3;1,13-15H,10-12H2,2-8H3;7-10,14-16H,3-6H2;8-10,13-15H,2,4-7H2;1-4H2/t2*15-,16-,17-,21+;13-,14-,15-,19+;7-,8-,10-;8-,9-,10-;/m11111./s1. The Hall–Kier alpha value is -5.61. The fourth-order valence-corrected chi connectivity index (χ4v) is 17.6. The molecular formula is C90H138F3N5O22. The number of methoxy groups -OCH3 is 3. The molecule has 18 atom stereocenters. The highest BCUT2D eigenvalue weighted by molar-refractivity contribution is 5.72. The zero-order chi connectivity index (χ0) is 89.1. The molecule has 7 N–H and O–H groups in total. The molecule has 5 saturated carbocycles. The van der Waals surface area contributed by atoms with Gasteiger partial charge >= 0.3 is 18.3 Å². The third kappa shape index (κ3) is 21.9. The second-order valence-electron chi connectivity index (χ2n) is 39.0. The van der Waals surface area contributed by atoms with Gasteiger partial charge in [0.1, 0.15) is 83.2 Å². The van der Waals surface area contributed by atoms with E-state index in [1.807, 2.05) is 125 Å². The van der Waals surface area contributed by atoms with Crippen LogP contribution in [0.15, 0.2) is 0 Å². The number of nitrogens with zero attached hydrogens (tertiary/aromatic N) is 3. The van der Waals surface area contributed by atoms with Crippen LogP contribution in [0.4, 0.5) is 27.6 Å². The van der Waals surface area contributed by atoms with E-state index in [2.05, 4.69) is 63.9 Å². The SMILES string of the molecule is C#C[C@@H]1[C@H]2O[C@](C)(OC)C(C)(C)O[C@@H]2CN(C(=O)OC(C)(C)C)C12CC2.C1CCOC1.CO[C@@]1(C)O[C@@H]2[C@@H](C#CCC=O)C3(CC3)N(C(=O)OC(C)(C)C)C[C@H]2OC1(C)C.CO[C@@]1(C)O[C@@H]2[C@@H](C#CCCO)C3(CC3)N(C(=O)OC(C)(C)C)C[C@H]2OC1(C)C.O[C@H]1[C@H](O)CNC2(CC2)[C@@H]1C#CCC(F)F.O[C@H]1[C@H](O)CNC2(CC2)[C@@H]1C#CCCF. The van der Waals surface area contributed by atoms with Gasteiger partial charge in [0, 0.05) is 71.6 Å². The molecule has 0 aromatic heterocycles. The van der Waals surface area contributed by atoms with Gasteiger partial charge in [-0.2, -0.15) is 0 Å². The lowest BCUT2D eigenvalue weighted by atomic mass is 9.80. The van der Waals surface area contributed by atoms with E-state index in [0.29, 0.717) is 39.1 Å². The molecule has 14 fully saturated rings. The summed E-state index contributed by atoms with van der Waals surface area (Å²) >= 11 is 0. The first-order chi connectivity index (χ1) is 55.9. The number of nitrogens with one attached hydrogen (secondary N) is 2. The van der Waals surface area contributed by atoms with Crippen molar-refractivity contribution in [3.05, 3.63) is 0 Å². The smallest absolute Gasteiger partial charge is 0.410 e. The van der Waals surface area contributed by atoms with Gasteiger partial charge in [-0.25, -0.2) is 23.2 Å². The van der Waals surface area contributed by atoms with Gasteiger partial charge in [0.25, 0.3) is 0 Å². The van der Waals surface area contributed by atoms with Crippen molar-refractivity contribution in [3.63, 3.8) is 0 Å². The monoisotopic (exact) mass is 1700 g/mol. The molecule has 14 aliphatic rings. The van der Waals surface area contributed by atoms with E-state index < -0.39 is 117 Å². The third-order valence-electron chi connectivity index (χ3n) is 26.0. The summed E-state index contributed by atoms with van der Waals surface area (Å²) < 4.78 is 113. The number of alkyl halides is 3. The Bertz CT molecular complexity index is 3840. The van der Waals surface area contributed by atoms with Crippen molar-refractivity contribution in [1.82, 2.24) is 25.3 Å². The third-order valence-corrected chi connectivity index (χ3v) is 26.0. The lowest BCUT2D eigenvalue weighted by Gasteiger charge is -2.57. The fourth-order valence-electron chi connectivity index (χ4n) is 17.6. The molecule has 0 unspecified atom stereocenters. The van der Waals surface area contributed by atoms with Gasteiger partial charge < -0.3 is 103 Å². The summed E-state index contributed by atoms with van der Waals surface area (Å²) in [6.45, 7) is 37.4. The largest absolute Gasteiger partial charge is 0.444 e. The van der Waals surface area contributed by atoms with Gasteiger partial charge in [-0.15, -0.1) is 18.3 Å². The van der Waals surface area contributed by atoms with Crippen molar-refractivity contribution in [1.29, 1.82) is 0 Å². The second-order valence-corrected chi connectivity index (χ2v) is 39.0. The van der Waals surface area contributed by atoms with Crippen LogP contribution >= 0.6 is 0 Å². The van der Waals surface area contributed by atoms with Crippen molar-refractivity contribution in [2.45, 2.75) is 373 Å². The Balaban J connectivity index is 0.000000171. The number of β-amino-alcohol motifs (C(OH)–C–C–N with tert-alkyl or cyclic N) is 2. The number of ether oxygens (including phenoxy) is 13. The van der Waals surface area contributed by atoms with Crippen molar-refractivity contribution >= 4 is 24.6 Å². The first-order valence-electron chi connectivity index (χ1n) is 42.7. The molecule has 0 aromatic carbocycles. The van der Waals surface area contributed by atoms with Crippen LogP contribution in [0.5, 0.6) is 0 Å². The average molecular weight is 1700 g/mol. The maximum absolute atomic E-state index is 13.1. The molecule has 3 amide bonds. The maximum atomic E-state index is 13.1. The number of piperidine rings is 5. The van der Waals surface area contributed by atoms with Crippen LogP contribution < -0.4 is 10.6 Å². The predicted octanol–water partition coefficient (Wildman–Crippen LogP) is 9.28. The van der Waals surface area contributed by atoms with Crippen LogP contribution in [0.3, 0.4) is 0 Å². The number of fused-ring (bicyclic) bond motifs is 3. The quantitative estimate of drug-likeness (QED) is 0.0709. The minimum absolute atomic E-state index is 0.00320. The fraction of sp³-hybridized carbons (Fsp3) is 0.844. The molecule has 0 bridgehead atoms. The molecule has 9 heterocycles. The van der Waals surface area contributed by atoms with Gasteiger partial charge in [-0.3, -0.25) is 19.1 Å². The molecular weight excluding hydrogens is 1560 g/mol. The zero-order valence-electron chi connectivity index (χ0n) is 74.7. The molecule has 9 aliphatic heterocycles. The maximum Gasteiger partial charge on any atom is 0.410 e.